The number of aliphatic hydroxyl groups is 1. The van der Waals surface area contributed by atoms with Crippen LogP contribution in [0.2, 0.25) is 0 Å². The normalized spacial score (nSPS) is 22.2. The van der Waals surface area contributed by atoms with E-state index in [1.807, 2.05) is 43.3 Å². The predicted molar refractivity (Wildman–Crippen MR) is 96.8 cm³/mol. The maximum Gasteiger partial charge on any atom is 0.223 e. The van der Waals surface area contributed by atoms with Gasteiger partial charge in [0.1, 0.15) is 6.04 Å². The molecule has 25 heavy (non-hydrogen) atoms. The predicted octanol–water partition coefficient (Wildman–Crippen LogP) is 3.25. The third kappa shape index (κ3) is 2.92. The van der Waals surface area contributed by atoms with E-state index in [-0.39, 0.29) is 24.5 Å². The van der Waals surface area contributed by atoms with E-state index in [2.05, 4.69) is 18.2 Å². The van der Waals surface area contributed by atoms with Crippen molar-refractivity contribution in [2.75, 3.05) is 6.61 Å². The van der Waals surface area contributed by atoms with E-state index in [1.165, 1.54) is 10.5 Å². The average molecular weight is 334 g/mol. The summed E-state index contributed by atoms with van der Waals surface area (Å²) in [6.45, 7) is 3.68. The Kier molecular flexibility index (Phi) is 4.87. The van der Waals surface area contributed by atoms with Crippen LogP contribution >= 0.6 is 0 Å². The average Bonchev–Trinajstić information content (AvgIpc) is 2.62. The number of aliphatic hydroxyl groups excluding tert-OH is 1. The topological polar surface area (TPSA) is 64.3 Å². The number of nitriles is 1. The Hall–Kier alpha value is -2.64. The van der Waals surface area contributed by atoms with E-state index < -0.39 is 6.04 Å². The molecule has 1 aliphatic rings. The van der Waals surface area contributed by atoms with Crippen molar-refractivity contribution in [3.63, 3.8) is 0 Å². The van der Waals surface area contributed by atoms with Gasteiger partial charge in [-0.3, -0.25) is 4.79 Å². The molecular formula is C21H22N2O2. The van der Waals surface area contributed by atoms with Crippen LogP contribution in [0.5, 0.6) is 0 Å². The molecule has 2 aromatic rings. The van der Waals surface area contributed by atoms with Crippen molar-refractivity contribution >= 4 is 5.91 Å². The van der Waals surface area contributed by atoms with Crippen LogP contribution in [0.15, 0.2) is 48.5 Å². The lowest BCUT2D eigenvalue weighted by Crippen LogP contribution is -2.65. The molecule has 1 heterocycles. The number of carbonyl (C=O) groups is 1. The number of benzene rings is 2. The highest BCUT2D eigenvalue weighted by molar-refractivity contribution is 5.80. The van der Waals surface area contributed by atoms with Gasteiger partial charge in [0.2, 0.25) is 5.91 Å². The zero-order valence-electron chi connectivity index (χ0n) is 14.5. The summed E-state index contributed by atoms with van der Waals surface area (Å²) >= 11 is 0. The van der Waals surface area contributed by atoms with Crippen molar-refractivity contribution in [2.24, 2.45) is 0 Å². The third-order valence-corrected chi connectivity index (χ3v) is 4.97. The minimum absolute atomic E-state index is 0.0881. The summed E-state index contributed by atoms with van der Waals surface area (Å²) in [5.74, 6) is -0.267. The van der Waals surface area contributed by atoms with Gasteiger partial charge >= 0.3 is 0 Å². The lowest BCUT2D eigenvalue weighted by atomic mass is 9.73. The lowest BCUT2D eigenvalue weighted by Gasteiger charge is -2.52. The van der Waals surface area contributed by atoms with Crippen molar-refractivity contribution < 1.29 is 9.90 Å². The largest absolute Gasteiger partial charge is 0.394 e. The Balaban J connectivity index is 2.05. The Morgan fingerprint density at radius 3 is 2.64 bits per heavy atom. The zero-order chi connectivity index (χ0) is 18.0. The fourth-order valence-electron chi connectivity index (χ4n) is 3.77. The van der Waals surface area contributed by atoms with Gasteiger partial charge in [0.25, 0.3) is 0 Å². The van der Waals surface area contributed by atoms with Gasteiger partial charge < -0.3 is 10.0 Å². The highest BCUT2D eigenvalue weighted by Gasteiger charge is 2.51. The summed E-state index contributed by atoms with van der Waals surface area (Å²) in [6.07, 6.45) is 0.334. The molecule has 0 saturated carbocycles. The molecule has 0 radical (unpaired) electrons. The first-order valence-corrected chi connectivity index (χ1v) is 8.60. The number of rotatable bonds is 4. The summed E-state index contributed by atoms with van der Waals surface area (Å²) in [4.78, 5) is 13.7. The maximum absolute atomic E-state index is 12.2. The van der Waals surface area contributed by atoms with Crippen LogP contribution in [0.25, 0.3) is 11.1 Å². The summed E-state index contributed by atoms with van der Waals surface area (Å²) in [6, 6.07) is 17.6. The fraction of sp³-hybridized carbons (Fsp3) is 0.333. The number of likely N-dealkylation sites (tertiary alicyclic amines) is 1. The molecule has 0 aromatic heterocycles. The summed E-state index contributed by atoms with van der Waals surface area (Å²) in [5.41, 5.74) is 4.32. The minimum Gasteiger partial charge on any atom is -0.394 e. The Morgan fingerprint density at radius 2 is 2.00 bits per heavy atom. The first kappa shape index (κ1) is 17.2. The number of amides is 1. The van der Waals surface area contributed by atoms with Crippen LogP contribution in [0.1, 0.15) is 30.4 Å². The van der Waals surface area contributed by atoms with Crippen LogP contribution in [0.3, 0.4) is 0 Å². The molecule has 4 heteroatoms. The summed E-state index contributed by atoms with van der Waals surface area (Å²) in [5, 5.41) is 19.5. The second-order valence-corrected chi connectivity index (χ2v) is 6.46. The molecule has 128 valence electrons. The molecule has 3 atom stereocenters. The van der Waals surface area contributed by atoms with Gasteiger partial charge in [-0.1, -0.05) is 61.0 Å². The van der Waals surface area contributed by atoms with Gasteiger partial charge in [0, 0.05) is 12.3 Å². The first-order valence-electron chi connectivity index (χ1n) is 8.60. The molecular weight excluding hydrogens is 312 g/mol. The van der Waals surface area contributed by atoms with Crippen LogP contribution in [-0.2, 0) is 4.79 Å². The number of hydrogen-bond acceptors (Lipinski definition) is 3. The number of carbonyl (C=O) groups excluding carboxylic acids is 1. The molecule has 1 saturated heterocycles. The molecule has 0 unspecified atom stereocenters. The molecule has 2 aromatic carbocycles. The minimum atomic E-state index is -0.532. The Bertz CT molecular complexity index is 825. The molecule has 1 N–H and O–H groups in total. The molecule has 1 fully saturated rings. The van der Waals surface area contributed by atoms with E-state index in [4.69, 9.17) is 0 Å². The van der Waals surface area contributed by atoms with Crippen molar-refractivity contribution in [1.29, 1.82) is 5.26 Å². The Morgan fingerprint density at radius 1 is 1.24 bits per heavy atom. The van der Waals surface area contributed by atoms with Gasteiger partial charge in [-0.15, -0.1) is 0 Å². The Labute approximate surface area is 148 Å². The monoisotopic (exact) mass is 334 g/mol. The third-order valence-electron chi connectivity index (χ3n) is 4.97. The van der Waals surface area contributed by atoms with Crippen LogP contribution in [0.4, 0.5) is 0 Å². The highest BCUT2D eigenvalue weighted by atomic mass is 16.3. The highest BCUT2D eigenvalue weighted by Crippen LogP contribution is 2.44. The van der Waals surface area contributed by atoms with Crippen LogP contribution in [0, 0.1) is 18.3 Å². The van der Waals surface area contributed by atoms with Crippen molar-refractivity contribution in [3.05, 3.63) is 59.7 Å². The van der Waals surface area contributed by atoms with E-state index in [1.54, 1.807) is 6.92 Å². The number of nitrogens with zero attached hydrogens (tertiary/aromatic N) is 2. The van der Waals surface area contributed by atoms with E-state index in [0.29, 0.717) is 6.42 Å². The van der Waals surface area contributed by atoms with Gasteiger partial charge in [-0.05, 0) is 23.6 Å². The second kappa shape index (κ2) is 7.08. The second-order valence-electron chi connectivity index (χ2n) is 6.46. The molecule has 4 nitrogen and oxygen atoms in total. The SMILES string of the molecule is CCC(=O)N1[C@H](C#N)[C@H](c2ccccc2-c2cccc(C)c2)[C@@H]1CO. The maximum atomic E-state index is 12.2. The molecule has 0 spiro atoms. The van der Waals surface area contributed by atoms with Gasteiger partial charge in [-0.2, -0.15) is 5.26 Å². The molecule has 3 rings (SSSR count). The molecule has 1 aliphatic heterocycles. The van der Waals surface area contributed by atoms with Crippen molar-refractivity contribution in [1.82, 2.24) is 4.90 Å². The summed E-state index contributed by atoms with van der Waals surface area (Å²) < 4.78 is 0. The lowest BCUT2D eigenvalue weighted by molar-refractivity contribution is -0.146. The number of hydrogen-bond donors (Lipinski definition) is 1. The van der Waals surface area contributed by atoms with E-state index >= 15 is 0 Å². The van der Waals surface area contributed by atoms with Gasteiger partial charge in [-0.25, -0.2) is 0 Å². The first-order chi connectivity index (χ1) is 12.1. The van der Waals surface area contributed by atoms with E-state index in [0.717, 1.165) is 16.7 Å². The molecule has 0 aliphatic carbocycles. The van der Waals surface area contributed by atoms with Gasteiger partial charge in [0.05, 0.1) is 18.7 Å². The number of aryl methyl sites for hydroxylation is 1. The molecule has 1 amide bonds. The standard InChI is InChI=1S/C21H22N2O2/c1-3-20(25)23-18(12-22)21(19(23)13-24)17-10-5-4-9-16(17)15-8-6-7-14(2)11-15/h4-11,18-19,21,24H,3,13H2,1-2H3/t18-,19+,21+/m1/s1. The van der Waals surface area contributed by atoms with E-state index in [9.17, 15) is 15.2 Å². The van der Waals surface area contributed by atoms with Crippen LogP contribution in [-0.4, -0.2) is 34.6 Å². The van der Waals surface area contributed by atoms with Crippen molar-refractivity contribution in [3.8, 4) is 17.2 Å². The fourth-order valence-corrected chi connectivity index (χ4v) is 3.77. The smallest absolute Gasteiger partial charge is 0.223 e. The van der Waals surface area contributed by atoms with Crippen molar-refractivity contribution in [2.45, 2.75) is 38.3 Å². The van der Waals surface area contributed by atoms with Crippen LogP contribution < -0.4 is 0 Å². The quantitative estimate of drug-likeness (QED) is 0.933. The summed E-state index contributed by atoms with van der Waals surface area (Å²) in [7, 11) is 0. The zero-order valence-corrected chi connectivity index (χ0v) is 14.5. The van der Waals surface area contributed by atoms with Gasteiger partial charge in [0.15, 0.2) is 0 Å². The molecule has 0 bridgehead atoms.